The van der Waals surface area contributed by atoms with Crippen LogP contribution < -0.4 is 10.1 Å². The molecule has 0 bridgehead atoms. The van der Waals surface area contributed by atoms with E-state index >= 15 is 0 Å². The third-order valence-corrected chi connectivity index (χ3v) is 3.53. The van der Waals surface area contributed by atoms with E-state index < -0.39 is 0 Å². The maximum atomic E-state index is 5.65. The monoisotopic (exact) mass is 299 g/mol. The van der Waals surface area contributed by atoms with Crippen molar-refractivity contribution in [1.82, 2.24) is 0 Å². The Balaban J connectivity index is 1.94. The normalized spacial score (nSPS) is 10.2. The molecule has 0 spiro atoms. The second-order valence-electron chi connectivity index (χ2n) is 5.05. The van der Waals surface area contributed by atoms with Crippen LogP contribution in [0.15, 0.2) is 48.5 Å². The van der Waals surface area contributed by atoms with Crippen LogP contribution >= 0.6 is 12.2 Å². The van der Waals surface area contributed by atoms with Crippen molar-refractivity contribution < 1.29 is 4.74 Å². The van der Waals surface area contributed by atoms with E-state index in [-0.39, 0.29) is 0 Å². The summed E-state index contributed by atoms with van der Waals surface area (Å²) in [5, 5.41) is 3.25. The van der Waals surface area contributed by atoms with E-state index in [1.54, 1.807) is 0 Å². The number of hydrogen-bond donors (Lipinski definition) is 1. The lowest BCUT2D eigenvalue weighted by Crippen LogP contribution is -2.10. The number of benzene rings is 2. The fourth-order valence-electron chi connectivity index (χ4n) is 1.88. The Morgan fingerprint density at radius 1 is 1.05 bits per heavy atom. The van der Waals surface area contributed by atoms with Gasteiger partial charge in [-0.05, 0) is 49.7 Å². The lowest BCUT2D eigenvalue weighted by molar-refractivity contribution is 0.309. The van der Waals surface area contributed by atoms with Gasteiger partial charge in [-0.3, -0.25) is 0 Å². The summed E-state index contributed by atoms with van der Waals surface area (Å²) < 4.78 is 5.65. The second-order valence-corrected chi connectivity index (χ2v) is 5.45. The highest BCUT2D eigenvalue weighted by Gasteiger charge is 2.02. The summed E-state index contributed by atoms with van der Waals surface area (Å²) in [6.45, 7) is 4.99. The largest absolute Gasteiger partial charge is 0.494 e. The van der Waals surface area contributed by atoms with Gasteiger partial charge in [0.2, 0.25) is 0 Å². The molecule has 0 atom stereocenters. The molecule has 0 fully saturated rings. The summed E-state index contributed by atoms with van der Waals surface area (Å²) >= 11 is 5.43. The first-order valence-corrected chi connectivity index (χ1v) is 7.71. The van der Waals surface area contributed by atoms with Crippen LogP contribution in [0.4, 0.5) is 5.69 Å². The number of aryl methyl sites for hydroxylation is 1. The summed E-state index contributed by atoms with van der Waals surface area (Å²) in [5.74, 6) is 0.894. The van der Waals surface area contributed by atoms with Crippen LogP contribution in [0.5, 0.6) is 5.75 Å². The van der Waals surface area contributed by atoms with Crippen LogP contribution in [0.3, 0.4) is 0 Å². The highest BCUT2D eigenvalue weighted by Crippen LogP contribution is 2.15. The molecule has 2 rings (SSSR count). The standard InChI is InChI=1S/C18H21NOS/c1-3-4-13-20-17-11-7-15(8-12-17)18(21)19-16-9-5-14(2)6-10-16/h5-12H,3-4,13H2,1-2H3,(H,19,21). The van der Waals surface area contributed by atoms with E-state index in [1.807, 2.05) is 36.4 Å². The molecule has 2 aromatic carbocycles. The van der Waals surface area contributed by atoms with Crippen molar-refractivity contribution in [3.63, 3.8) is 0 Å². The van der Waals surface area contributed by atoms with E-state index in [9.17, 15) is 0 Å². The molecule has 2 aromatic rings. The average Bonchev–Trinajstić information content (AvgIpc) is 2.50. The first kappa shape index (κ1) is 15.5. The van der Waals surface area contributed by atoms with Crippen molar-refractivity contribution in [1.29, 1.82) is 0 Å². The number of nitrogens with one attached hydrogen (secondary N) is 1. The highest BCUT2D eigenvalue weighted by atomic mass is 32.1. The molecule has 0 aliphatic heterocycles. The van der Waals surface area contributed by atoms with E-state index in [4.69, 9.17) is 17.0 Å². The Morgan fingerprint density at radius 2 is 1.71 bits per heavy atom. The molecule has 3 heteroatoms. The Labute approximate surface area is 132 Å². The smallest absolute Gasteiger partial charge is 0.119 e. The van der Waals surface area contributed by atoms with Crippen LogP contribution in [0.2, 0.25) is 0 Å². The molecule has 0 saturated carbocycles. The molecule has 1 N–H and O–H groups in total. The SMILES string of the molecule is CCCCOc1ccc(C(=S)Nc2ccc(C)cc2)cc1. The zero-order valence-corrected chi connectivity index (χ0v) is 13.4. The third kappa shape index (κ3) is 4.87. The van der Waals surface area contributed by atoms with Gasteiger partial charge in [-0.2, -0.15) is 0 Å². The minimum atomic E-state index is 0.721. The summed E-state index contributed by atoms with van der Waals surface area (Å²) in [5.41, 5.74) is 3.24. The van der Waals surface area contributed by atoms with E-state index in [1.165, 1.54) is 5.56 Å². The molecular weight excluding hydrogens is 278 g/mol. The molecule has 0 aromatic heterocycles. The molecule has 110 valence electrons. The molecule has 21 heavy (non-hydrogen) atoms. The van der Waals surface area contributed by atoms with Crippen LogP contribution in [0.1, 0.15) is 30.9 Å². The maximum absolute atomic E-state index is 5.65. The van der Waals surface area contributed by atoms with E-state index in [0.29, 0.717) is 0 Å². The minimum Gasteiger partial charge on any atom is -0.494 e. The van der Waals surface area contributed by atoms with Gasteiger partial charge in [-0.15, -0.1) is 0 Å². The molecule has 0 unspecified atom stereocenters. The molecule has 0 heterocycles. The zero-order chi connectivity index (χ0) is 15.1. The first-order chi connectivity index (χ1) is 10.2. The molecule has 2 nitrogen and oxygen atoms in total. The molecule has 0 saturated heterocycles. The fourth-order valence-corrected chi connectivity index (χ4v) is 2.13. The number of unbranched alkanes of at least 4 members (excludes halogenated alkanes) is 1. The highest BCUT2D eigenvalue weighted by molar-refractivity contribution is 7.81. The quantitative estimate of drug-likeness (QED) is 0.601. The lowest BCUT2D eigenvalue weighted by Gasteiger charge is -2.10. The Kier molecular flexibility index (Phi) is 5.76. The van der Waals surface area contributed by atoms with Crippen molar-refractivity contribution in [2.24, 2.45) is 0 Å². The first-order valence-electron chi connectivity index (χ1n) is 7.30. The maximum Gasteiger partial charge on any atom is 0.119 e. The van der Waals surface area contributed by atoms with Crippen molar-refractivity contribution in [3.05, 3.63) is 59.7 Å². The predicted octanol–water partition coefficient (Wildman–Crippen LogP) is 4.96. The summed E-state index contributed by atoms with van der Waals surface area (Å²) in [6.07, 6.45) is 2.22. The van der Waals surface area contributed by atoms with Gasteiger partial charge >= 0.3 is 0 Å². The molecule has 0 aliphatic rings. The van der Waals surface area contributed by atoms with Gasteiger partial charge in [0, 0.05) is 11.3 Å². The number of hydrogen-bond acceptors (Lipinski definition) is 2. The topological polar surface area (TPSA) is 21.3 Å². The summed E-state index contributed by atoms with van der Waals surface area (Å²) in [7, 11) is 0. The van der Waals surface area contributed by atoms with Crippen molar-refractivity contribution in [2.45, 2.75) is 26.7 Å². The van der Waals surface area contributed by atoms with Gasteiger partial charge in [-0.25, -0.2) is 0 Å². The molecule has 0 radical (unpaired) electrons. The van der Waals surface area contributed by atoms with Crippen molar-refractivity contribution in [3.8, 4) is 5.75 Å². The summed E-state index contributed by atoms with van der Waals surface area (Å²) in [6, 6.07) is 16.1. The van der Waals surface area contributed by atoms with Gasteiger partial charge in [0.1, 0.15) is 10.7 Å². The second kappa shape index (κ2) is 7.79. The Morgan fingerprint density at radius 3 is 2.33 bits per heavy atom. The predicted molar refractivity (Wildman–Crippen MR) is 93.3 cm³/mol. The van der Waals surface area contributed by atoms with Crippen LogP contribution in [-0.4, -0.2) is 11.6 Å². The lowest BCUT2D eigenvalue weighted by atomic mass is 10.2. The number of ether oxygens (including phenoxy) is 1. The van der Waals surface area contributed by atoms with Crippen molar-refractivity contribution in [2.75, 3.05) is 11.9 Å². The molecule has 0 amide bonds. The van der Waals surface area contributed by atoms with E-state index in [0.717, 1.165) is 41.4 Å². The number of thiocarbonyl (C=S) groups is 1. The van der Waals surface area contributed by atoms with Crippen LogP contribution in [-0.2, 0) is 0 Å². The zero-order valence-electron chi connectivity index (χ0n) is 12.6. The van der Waals surface area contributed by atoms with Gasteiger partial charge in [0.05, 0.1) is 6.61 Å². The van der Waals surface area contributed by atoms with Gasteiger partial charge in [0.15, 0.2) is 0 Å². The van der Waals surface area contributed by atoms with E-state index in [2.05, 4.69) is 31.3 Å². The molecule has 0 aliphatic carbocycles. The third-order valence-electron chi connectivity index (χ3n) is 3.19. The van der Waals surface area contributed by atoms with Crippen LogP contribution in [0.25, 0.3) is 0 Å². The fraction of sp³-hybridized carbons (Fsp3) is 0.278. The van der Waals surface area contributed by atoms with Gasteiger partial charge in [0.25, 0.3) is 0 Å². The summed E-state index contributed by atoms with van der Waals surface area (Å²) in [4.78, 5) is 0.721. The van der Waals surface area contributed by atoms with Gasteiger partial charge in [-0.1, -0.05) is 43.3 Å². The average molecular weight is 299 g/mol. The van der Waals surface area contributed by atoms with Gasteiger partial charge < -0.3 is 10.1 Å². The Bertz CT molecular complexity index is 575. The Hall–Kier alpha value is -1.87. The van der Waals surface area contributed by atoms with Crippen molar-refractivity contribution >= 4 is 22.9 Å². The number of rotatable bonds is 6. The number of anilines is 1. The molecular formula is C18H21NOS. The van der Waals surface area contributed by atoms with Crippen LogP contribution in [0, 0.1) is 6.92 Å². The minimum absolute atomic E-state index is 0.721.